The molecular formula is C21H24ClN3O4S. The Morgan fingerprint density at radius 2 is 1.77 bits per heavy atom. The number of piperidine rings is 1. The zero-order chi connectivity index (χ0) is 21.7. The van der Waals surface area contributed by atoms with Crippen molar-refractivity contribution in [3.63, 3.8) is 0 Å². The minimum atomic E-state index is -3.43. The van der Waals surface area contributed by atoms with Gasteiger partial charge >= 0.3 is 0 Å². The highest BCUT2D eigenvalue weighted by atomic mass is 35.5. The molecule has 0 unspecified atom stereocenters. The highest BCUT2D eigenvalue weighted by Crippen LogP contribution is 2.21. The summed E-state index contributed by atoms with van der Waals surface area (Å²) < 4.78 is 23.5. The van der Waals surface area contributed by atoms with Crippen molar-refractivity contribution in [3.05, 3.63) is 59.1 Å². The Morgan fingerprint density at radius 3 is 2.40 bits per heavy atom. The first-order chi connectivity index (χ1) is 14.2. The van der Waals surface area contributed by atoms with Gasteiger partial charge in [0.2, 0.25) is 5.91 Å². The maximum absolute atomic E-state index is 12.6. The van der Waals surface area contributed by atoms with Gasteiger partial charge in [0.15, 0.2) is 9.84 Å². The van der Waals surface area contributed by atoms with E-state index in [0.29, 0.717) is 25.9 Å². The number of nitrogens with one attached hydrogen (secondary N) is 2. The van der Waals surface area contributed by atoms with Crippen LogP contribution in [0.2, 0.25) is 5.02 Å². The monoisotopic (exact) mass is 449 g/mol. The molecule has 2 N–H and O–H groups in total. The minimum absolute atomic E-state index is 0.0521. The summed E-state index contributed by atoms with van der Waals surface area (Å²) in [5.41, 5.74) is 0.905. The minimum Gasteiger partial charge on any atom is -0.349 e. The number of benzene rings is 2. The Kier molecular flexibility index (Phi) is 7.12. The third-order valence-electron chi connectivity index (χ3n) is 4.96. The molecule has 2 aromatic carbocycles. The van der Waals surface area contributed by atoms with E-state index in [0.717, 1.165) is 11.9 Å². The molecule has 0 atom stereocenters. The molecule has 0 aliphatic carbocycles. The molecule has 2 amide bonds. The quantitative estimate of drug-likeness (QED) is 0.706. The number of likely N-dealkylation sites (tertiary alicyclic amines) is 1. The van der Waals surface area contributed by atoms with Gasteiger partial charge in [0, 0.05) is 31.1 Å². The lowest BCUT2D eigenvalue weighted by molar-refractivity contribution is -0.117. The van der Waals surface area contributed by atoms with Crippen molar-refractivity contribution in [2.24, 2.45) is 0 Å². The lowest BCUT2D eigenvalue weighted by atomic mass is 10.0. The molecule has 1 heterocycles. The van der Waals surface area contributed by atoms with Crippen molar-refractivity contribution >= 4 is 38.9 Å². The van der Waals surface area contributed by atoms with Crippen molar-refractivity contribution in [2.45, 2.75) is 23.8 Å². The lowest BCUT2D eigenvalue weighted by Crippen LogP contribution is -2.46. The molecule has 1 fully saturated rings. The fourth-order valence-corrected chi connectivity index (χ4v) is 4.18. The fourth-order valence-electron chi connectivity index (χ4n) is 3.33. The van der Waals surface area contributed by atoms with E-state index >= 15 is 0 Å². The summed E-state index contributed by atoms with van der Waals surface area (Å²) in [4.78, 5) is 26.9. The summed E-state index contributed by atoms with van der Waals surface area (Å²) in [6.07, 6.45) is 2.46. The lowest BCUT2D eigenvalue weighted by Gasteiger charge is -2.32. The summed E-state index contributed by atoms with van der Waals surface area (Å²) in [6.45, 7) is 1.63. The Hall–Kier alpha value is -2.42. The van der Waals surface area contributed by atoms with Gasteiger partial charge in [0.05, 0.1) is 22.0 Å². The predicted molar refractivity (Wildman–Crippen MR) is 117 cm³/mol. The Bertz CT molecular complexity index is 1020. The second-order valence-electron chi connectivity index (χ2n) is 7.35. The maximum Gasteiger partial charge on any atom is 0.253 e. The molecule has 1 aliphatic rings. The van der Waals surface area contributed by atoms with E-state index in [-0.39, 0.29) is 34.0 Å². The van der Waals surface area contributed by atoms with E-state index in [2.05, 4.69) is 10.6 Å². The average Bonchev–Trinajstić information content (AvgIpc) is 2.69. The van der Waals surface area contributed by atoms with Crippen LogP contribution in [0.15, 0.2) is 53.4 Å². The standard InChI is InChI=1S/C21H24ClN3O4S/c1-30(28,29)17-7-8-19(22)18(13-17)21(27)24-16-9-11-25(12-10-16)14-20(26)23-15-5-3-2-4-6-15/h2-8,13,16H,9-12,14H2,1H3,(H,23,26)(H,24,27). The van der Waals surface area contributed by atoms with Crippen LogP contribution in [0.1, 0.15) is 23.2 Å². The molecule has 1 aliphatic heterocycles. The molecule has 30 heavy (non-hydrogen) atoms. The van der Waals surface area contributed by atoms with Crippen molar-refractivity contribution in [3.8, 4) is 0 Å². The van der Waals surface area contributed by atoms with Crippen LogP contribution in [0.4, 0.5) is 5.69 Å². The summed E-state index contributed by atoms with van der Waals surface area (Å²) in [6, 6.07) is 13.3. The summed E-state index contributed by atoms with van der Waals surface area (Å²) in [7, 11) is -3.43. The van der Waals surface area contributed by atoms with E-state index in [1.807, 2.05) is 35.2 Å². The fraction of sp³-hybridized carbons (Fsp3) is 0.333. The number of amides is 2. The Balaban J connectivity index is 1.51. The largest absolute Gasteiger partial charge is 0.349 e. The smallest absolute Gasteiger partial charge is 0.253 e. The van der Waals surface area contributed by atoms with Crippen LogP contribution in [0, 0.1) is 0 Å². The first kappa shape index (κ1) is 22.3. The summed E-state index contributed by atoms with van der Waals surface area (Å²) >= 11 is 6.10. The van der Waals surface area contributed by atoms with E-state index < -0.39 is 15.7 Å². The van der Waals surface area contributed by atoms with E-state index in [1.165, 1.54) is 18.2 Å². The normalized spacial score (nSPS) is 15.5. The molecule has 0 bridgehead atoms. The molecule has 0 saturated carbocycles. The van der Waals surface area contributed by atoms with Gasteiger partial charge in [-0.1, -0.05) is 29.8 Å². The van der Waals surface area contributed by atoms with Crippen molar-refractivity contribution in [1.82, 2.24) is 10.2 Å². The van der Waals surface area contributed by atoms with Crippen LogP contribution < -0.4 is 10.6 Å². The van der Waals surface area contributed by atoms with Gasteiger partial charge in [-0.3, -0.25) is 14.5 Å². The van der Waals surface area contributed by atoms with Gasteiger partial charge in [-0.25, -0.2) is 8.42 Å². The van der Waals surface area contributed by atoms with Crippen LogP contribution in [-0.2, 0) is 14.6 Å². The van der Waals surface area contributed by atoms with E-state index in [1.54, 1.807) is 0 Å². The second kappa shape index (κ2) is 9.59. The highest BCUT2D eigenvalue weighted by Gasteiger charge is 2.24. The summed E-state index contributed by atoms with van der Waals surface area (Å²) in [5, 5.41) is 5.99. The van der Waals surface area contributed by atoms with Crippen LogP contribution in [-0.4, -0.2) is 57.1 Å². The van der Waals surface area contributed by atoms with Gasteiger partial charge in [-0.15, -0.1) is 0 Å². The Labute approximate surface area is 181 Å². The number of hydrogen-bond donors (Lipinski definition) is 2. The van der Waals surface area contributed by atoms with Gasteiger partial charge in [-0.2, -0.15) is 0 Å². The van der Waals surface area contributed by atoms with Gasteiger partial charge in [0.1, 0.15) is 0 Å². The zero-order valence-corrected chi connectivity index (χ0v) is 18.2. The number of rotatable bonds is 6. The molecule has 0 aromatic heterocycles. The second-order valence-corrected chi connectivity index (χ2v) is 9.77. The molecule has 160 valence electrons. The highest BCUT2D eigenvalue weighted by molar-refractivity contribution is 7.90. The molecule has 7 nitrogen and oxygen atoms in total. The van der Waals surface area contributed by atoms with Crippen LogP contribution in [0.25, 0.3) is 0 Å². The topological polar surface area (TPSA) is 95.6 Å². The van der Waals surface area contributed by atoms with Gasteiger partial charge in [0.25, 0.3) is 5.91 Å². The number of carbonyl (C=O) groups excluding carboxylic acids is 2. The number of anilines is 1. The number of hydrogen-bond acceptors (Lipinski definition) is 5. The first-order valence-electron chi connectivity index (χ1n) is 9.60. The molecule has 2 aromatic rings. The van der Waals surface area contributed by atoms with Crippen LogP contribution >= 0.6 is 11.6 Å². The van der Waals surface area contributed by atoms with Crippen molar-refractivity contribution < 1.29 is 18.0 Å². The zero-order valence-electron chi connectivity index (χ0n) is 16.6. The molecule has 0 spiro atoms. The number of carbonyl (C=O) groups is 2. The maximum atomic E-state index is 12.6. The van der Waals surface area contributed by atoms with Crippen LogP contribution in [0.5, 0.6) is 0 Å². The van der Waals surface area contributed by atoms with E-state index in [9.17, 15) is 18.0 Å². The molecule has 3 rings (SSSR count). The van der Waals surface area contributed by atoms with Crippen LogP contribution in [0.3, 0.4) is 0 Å². The van der Waals surface area contributed by atoms with Crippen molar-refractivity contribution in [1.29, 1.82) is 0 Å². The van der Waals surface area contributed by atoms with Crippen molar-refractivity contribution in [2.75, 3.05) is 31.2 Å². The average molecular weight is 450 g/mol. The summed E-state index contributed by atoms with van der Waals surface area (Å²) in [5.74, 6) is -0.473. The number of para-hydroxylation sites is 1. The van der Waals surface area contributed by atoms with Gasteiger partial charge < -0.3 is 10.6 Å². The Morgan fingerprint density at radius 1 is 1.10 bits per heavy atom. The molecule has 1 saturated heterocycles. The number of halogens is 1. The molecule has 0 radical (unpaired) electrons. The number of nitrogens with zero attached hydrogens (tertiary/aromatic N) is 1. The third-order valence-corrected chi connectivity index (χ3v) is 6.40. The predicted octanol–water partition coefficient (Wildman–Crippen LogP) is 2.58. The molecular weight excluding hydrogens is 426 g/mol. The first-order valence-corrected chi connectivity index (χ1v) is 11.9. The SMILES string of the molecule is CS(=O)(=O)c1ccc(Cl)c(C(=O)NC2CCN(CC(=O)Nc3ccccc3)CC2)c1. The van der Waals surface area contributed by atoms with Gasteiger partial charge in [-0.05, 0) is 43.2 Å². The number of sulfone groups is 1. The molecule has 9 heteroatoms. The van der Waals surface area contributed by atoms with E-state index in [4.69, 9.17) is 11.6 Å². The third kappa shape index (κ3) is 6.04.